The molecule has 0 radical (unpaired) electrons. The number of aromatic nitrogens is 4. The first kappa shape index (κ1) is 15.9. The first-order chi connectivity index (χ1) is 13.3. The van der Waals surface area contributed by atoms with E-state index >= 15 is 0 Å². The van der Waals surface area contributed by atoms with E-state index in [1.54, 1.807) is 6.33 Å². The summed E-state index contributed by atoms with van der Waals surface area (Å²) in [4.78, 5) is 13.7. The summed E-state index contributed by atoms with van der Waals surface area (Å²) < 4.78 is 2.20. The van der Waals surface area contributed by atoms with E-state index in [2.05, 4.69) is 70.7 Å². The number of pyridine rings is 1. The number of benzene rings is 2. The van der Waals surface area contributed by atoms with Crippen molar-refractivity contribution in [2.75, 3.05) is 0 Å². The van der Waals surface area contributed by atoms with Gasteiger partial charge in [-0.2, -0.15) is 0 Å². The summed E-state index contributed by atoms with van der Waals surface area (Å²) in [7, 11) is 0. The van der Waals surface area contributed by atoms with Crippen molar-refractivity contribution in [3.63, 3.8) is 0 Å². The van der Waals surface area contributed by atoms with Crippen LogP contribution in [-0.4, -0.2) is 19.4 Å². The van der Waals surface area contributed by atoms with Crippen LogP contribution in [0.25, 0.3) is 38.7 Å². The van der Waals surface area contributed by atoms with Crippen molar-refractivity contribution in [3.05, 3.63) is 72.3 Å². The third-order valence-electron chi connectivity index (χ3n) is 5.38. The number of hydrogen-bond donors (Lipinski definition) is 0. The molecule has 4 heteroatoms. The molecule has 5 rings (SSSR count). The van der Waals surface area contributed by atoms with Gasteiger partial charge in [0, 0.05) is 22.5 Å². The minimum absolute atomic E-state index is 0.902. The molecule has 0 spiro atoms. The molecule has 5 aromatic rings. The van der Waals surface area contributed by atoms with Gasteiger partial charge in [0.05, 0.1) is 11.9 Å². The SMILES string of the molecule is CCc1cccc(CC)c1-c1cnc2c3ccccc3c3cncnc3n12. The van der Waals surface area contributed by atoms with Gasteiger partial charge in [0.2, 0.25) is 0 Å². The molecule has 3 heterocycles. The van der Waals surface area contributed by atoms with Gasteiger partial charge in [-0.15, -0.1) is 0 Å². The Kier molecular flexibility index (Phi) is 3.64. The zero-order chi connectivity index (χ0) is 18.4. The quantitative estimate of drug-likeness (QED) is 0.418. The van der Waals surface area contributed by atoms with E-state index in [0.717, 1.165) is 46.0 Å². The molecule has 0 saturated carbocycles. The summed E-state index contributed by atoms with van der Waals surface area (Å²) in [6.45, 7) is 4.41. The van der Waals surface area contributed by atoms with E-state index in [4.69, 9.17) is 4.98 Å². The lowest BCUT2D eigenvalue weighted by atomic mass is 9.95. The average molecular weight is 352 g/mol. The van der Waals surface area contributed by atoms with Crippen LogP contribution in [0.1, 0.15) is 25.0 Å². The summed E-state index contributed by atoms with van der Waals surface area (Å²) in [6.07, 6.45) is 7.48. The third-order valence-corrected chi connectivity index (χ3v) is 5.38. The number of hydrogen-bond acceptors (Lipinski definition) is 3. The highest BCUT2D eigenvalue weighted by atomic mass is 15.1. The fourth-order valence-corrected chi connectivity index (χ4v) is 4.11. The first-order valence-corrected chi connectivity index (χ1v) is 9.42. The van der Waals surface area contributed by atoms with Crippen LogP contribution in [0, 0.1) is 0 Å². The topological polar surface area (TPSA) is 43.1 Å². The molecule has 27 heavy (non-hydrogen) atoms. The van der Waals surface area contributed by atoms with Gasteiger partial charge in [-0.25, -0.2) is 15.0 Å². The van der Waals surface area contributed by atoms with Crippen molar-refractivity contribution in [1.29, 1.82) is 0 Å². The Hall–Kier alpha value is -3.27. The van der Waals surface area contributed by atoms with Crippen LogP contribution in [0.4, 0.5) is 0 Å². The van der Waals surface area contributed by atoms with Crippen LogP contribution in [0.2, 0.25) is 0 Å². The first-order valence-electron chi connectivity index (χ1n) is 9.42. The molecule has 0 aliphatic heterocycles. The Labute approximate surface area is 157 Å². The predicted molar refractivity (Wildman–Crippen MR) is 110 cm³/mol. The maximum Gasteiger partial charge on any atom is 0.150 e. The molecule has 0 aliphatic carbocycles. The maximum atomic E-state index is 4.83. The van der Waals surface area contributed by atoms with Gasteiger partial charge in [-0.3, -0.25) is 4.40 Å². The van der Waals surface area contributed by atoms with E-state index in [-0.39, 0.29) is 0 Å². The van der Waals surface area contributed by atoms with E-state index in [1.807, 2.05) is 12.4 Å². The summed E-state index contributed by atoms with van der Waals surface area (Å²) in [5.74, 6) is 0. The molecular weight excluding hydrogens is 332 g/mol. The van der Waals surface area contributed by atoms with Crippen molar-refractivity contribution in [3.8, 4) is 11.3 Å². The van der Waals surface area contributed by atoms with Gasteiger partial charge in [0.1, 0.15) is 17.6 Å². The third kappa shape index (κ3) is 2.26. The lowest BCUT2D eigenvalue weighted by Gasteiger charge is -2.14. The van der Waals surface area contributed by atoms with Gasteiger partial charge < -0.3 is 0 Å². The molecule has 0 atom stereocenters. The lowest BCUT2D eigenvalue weighted by Crippen LogP contribution is -2.00. The molecule has 0 N–H and O–H groups in total. The molecule has 0 bridgehead atoms. The largest absolute Gasteiger partial charge is 0.276 e. The van der Waals surface area contributed by atoms with Gasteiger partial charge >= 0.3 is 0 Å². The second kappa shape index (κ2) is 6.16. The number of imidazole rings is 1. The average Bonchev–Trinajstić information content (AvgIpc) is 3.18. The normalized spacial score (nSPS) is 11.6. The van der Waals surface area contributed by atoms with Crippen LogP contribution in [0.15, 0.2) is 61.2 Å². The highest BCUT2D eigenvalue weighted by Gasteiger charge is 2.18. The smallest absolute Gasteiger partial charge is 0.150 e. The van der Waals surface area contributed by atoms with Crippen molar-refractivity contribution in [2.24, 2.45) is 0 Å². The maximum absolute atomic E-state index is 4.83. The fraction of sp³-hybridized carbons (Fsp3) is 0.174. The summed E-state index contributed by atoms with van der Waals surface area (Å²) in [6, 6.07) is 14.9. The second-order valence-corrected chi connectivity index (χ2v) is 6.77. The van der Waals surface area contributed by atoms with Crippen LogP contribution >= 0.6 is 0 Å². The lowest BCUT2D eigenvalue weighted by molar-refractivity contribution is 1.07. The molecule has 0 fully saturated rings. The van der Waals surface area contributed by atoms with Gasteiger partial charge in [0.15, 0.2) is 0 Å². The minimum Gasteiger partial charge on any atom is -0.276 e. The second-order valence-electron chi connectivity index (χ2n) is 6.77. The molecular formula is C23H20N4. The van der Waals surface area contributed by atoms with Gasteiger partial charge in [-0.1, -0.05) is 56.3 Å². The Morgan fingerprint density at radius 1 is 0.741 bits per heavy atom. The molecule has 132 valence electrons. The summed E-state index contributed by atoms with van der Waals surface area (Å²) >= 11 is 0. The standard InChI is InChI=1S/C23H20N4/c1-3-15-8-7-9-16(4-2)21(15)20-13-25-22-18-11-6-5-10-17(18)19-12-24-14-26-23(19)27(20)22/h5-14H,3-4H2,1-2H3. The van der Waals surface area contributed by atoms with Crippen molar-refractivity contribution in [2.45, 2.75) is 26.7 Å². The zero-order valence-corrected chi connectivity index (χ0v) is 15.5. The monoisotopic (exact) mass is 352 g/mol. The Balaban J connectivity index is 2.01. The zero-order valence-electron chi connectivity index (χ0n) is 15.5. The van der Waals surface area contributed by atoms with Crippen LogP contribution in [-0.2, 0) is 12.8 Å². The van der Waals surface area contributed by atoms with Crippen molar-refractivity contribution < 1.29 is 0 Å². The van der Waals surface area contributed by atoms with E-state index in [1.165, 1.54) is 16.7 Å². The molecule has 3 aromatic heterocycles. The van der Waals surface area contributed by atoms with Gasteiger partial charge in [-0.05, 0) is 29.4 Å². The van der Waals surface area contributed by atoms with E-state index < -0.39 is 0 Å². The van der Waals surface area contributed by atoms with Crippen LogP contribution in [0.5, 0.6) is 0 Å². The van der Waals surface area contributed by atoms with Crippen LogP contribution < -0.4 is 0 Å². The molecule has 2 aromatic carbocycles. The Bertz CT molecular complexity index is 1280. The molecule has 0 unspecified atom stereocenters. The number of aryl methyl sites for hydroxylation is 2. The molecule has 0 aliphatic rings. The minimum atomic E-state index is 0.902. The highest BCUT2D eigenvalue weighted by molar-refractivity contribution is 6.11. The van der Waals surface area contributed by atoms with Crippen LogP contribution in [0.3, 0.4) is 0 Å². The summed E-state index contributed by atoms with van der Waals surface area (Å²) in [5, 5.41) is 3.31. The van der Waals surface area contributed by atoms with Gasteiger partial charge in [0.25, 0.3) is 0 Å². The van der Waals surface area contributed by atoms with E-state index in [0.29, 0.717) is 0 Å². The summed E-state index contributed by atoms with van der Waals surface area (Å²) in [5.41, 5.74) is 6.91. The number of fused-ring (bicyclic) bond motifs is 6. The molecule has 0 amide bonds. The molecule has 0 saturated heterocycles. The fourth-order valence-electron chi connectivity index (χ4n) is 4.11. The van der Waals surface area contributed by atoms with Crippen molar-refractivity contribution >= 4 is 27.5 Å². The predicted octanol–water partition coefficient (Wildman–Crippen LogP) is 5.22. The van der Waals surface area contributed by atoms with E-state index in [9.17, 15) is 0 Å². The number of rotatable bonds is 3. The number of nitrogens with zero attached hydrogens (tertiary/aromatic N) is 4. The Morgan fingerprint density at radius 2 is 1.44 bits per heavy atom. The Morgan fingerprint density at radius 3 is 2.19 bits per heavy atom. The van der Waals surface area contributed by atoms with Crippen molar-refractivity contribution in [1.82, 2.24) is 19.4 Å². The molecule has 4 nitrogen and oxygen atoms in total. The highest BCUT2D eigenvalue weighted by Crippen LogP contribution is 2.34.